The second-order valence-corrected chi connectivity index (χ2v) is 5.60. The van der Waals surface area contributed by atoms with Gasteiger partial charge in [0.15, 0.2) is 0 Å². The van der Waals surface area contributed by atoms with E-state index in [0.29, 0.717) is 23.7 Å². The molecule has 3 aromatic rings. The molecule has 0 atom stereocenters. The molecule has 25 heavy (non-hydrogen) atoms. The van der Waals surface area contributed by atoms with Gasteiger partial charge in [0.1, 0.15) is 5.82 Å². The standard InChI is InChI=1S/C19H17FN4O/c1-13-3-2-4-14(9-13)10-21-18(25)15-11-22-19(23-12-15)24-17-7-5-16(20)6-8-17/h2-9,11-12H,10H2,1H3,(H,21,25)(H,22,23,24). The lowest BCUT2D eigenvalue weighted by Crippen LogP contribution is -2.23. The predicted octanol–water partition coefficient (Wildman–Crippen LogP) is 3.60. The maximum Gasteiger partial charge on any atom is 0.254 e. The van der Waals surface area contributed by atoms with Crippen LogP contribution in [0.2, 0.25) is 0 Å². The first-order valence-electron chi connectivity index (χ1n) is 7.78. The van der Waals surface area contributed by atoms with Crippen molar-refractivity contribution < 1.29 is 9.18 Å². The minimum atomic E-state index is -0.313. The summed E-state index contributed by atoms with van der Waals surface area (Å²) in [6, 6.07) is 13.8. The van der Waals surface area contributed by atoms with Crippen molar-refractivity contribution in [2.75, 3.05) is 5.32 Å². The van der Waals surface area contributed by atoms with E-state index in [1.165, 1.54) is 24.5 Å². The zero-order valence-corrected chi connectivity index (χ0v) is 13.7. The van der Waals surface area contributed by atoms with Gasteiger partial charge in [0.2, 0.25) is 5.95 Å². The fraction of sp³-hybridized carbons (Fsp3) is 0.105. The Morgan fingerprint density at radius 2 is 1.80 bits per heavy atom. The van der Waals surface area contributed by atoms with Crippen molar-refractivity contribution in [1.29, 1.82) is 0 Å². The summed E-state index contributed by atoms with van der Waals surface area (Å²) >= 11 is 0. The number of carbonyl (C=O) groups is 1. The summed E-state index contributed by atoms with van der Waals surface area (Å²) in [5.74, 6) is -0.219. The summed E-state index contributed by atoms with van der Waals surface area (Å²) in [5.41, 5.74) is 3.21. The molecule has 1 heterocycles. The highest BCUT2D eigenvalue weighted by atomic mass is 19.1. The lowest BCUT2D eigenvalue weighted by Gasteiger charge is -2.07. The van der Waals surface area contributed by atoms with Crippen LogP contribution in [0.15, 0.2) is 60.9 Å². The highest BCUT2D eigenvalue weighted by Crippen LogP contribution is 2.13. The number of rotatable bonds is 5. The van der Waals surface area contributed by atoms with Gasteiger partial charge in [0, 0.05) is 24.6 Å². The molecule has 3 rings (SSSR count). The van der Waals surface area contributed by atoms with Gasteiger partial charge in [-0.2, -0.15) is 0 Å². The van der Waals surface area contributed by atoms with E-state index in [9.17, 15) is 9.18 Å². The number of aryl methyl sites for hydroxylation is 1. The summed E-state index contributed by atoms with van der Waals surface area (Å²) < 4.78 is 12.9. The van der Waals surface area contributed by atoms with Crippen molar-refractivity contribution in [3.8, 4) is 0 Å². The zero-order valence-electron chi connectivity index (χ0n) is 13.7. The molecule has 0 spiro atoms. The number of hydrogen-bond donors (Lipinski definition) is 2. The van der Waals surface area contributed by atoms with Gasteiger partial charge in [-0.1, -0.05) is 29.8 Å². The van der Waals surface area contributed by atoms with Gasteiger partial charge in [0.05, 0.1) is 5.56 Å². The first kappa shape index (κ1) is 16.6. The Balaban J connectivity index is 1.59. The second kappa shape index (κ2) is 7.53. The maximum absolute atomic E-state index is 12.9. The fourth-order valence-electron chi connectivity index (χ4n) is 2.28. The summed E-state index contributed by atoms with van der Waals surface area (Å²) in [4.78, 5) is 20.4. The van der Waals surface area contributed by atoms with Gasteiger partial charge < -0.3 is 10.6 Å². The van der Waals surface area contributed by atoms with Gasteiger partial charge in [-0.05, 0) is 36.8 Å². The van der Waals surface area contributed by atoms with Gasteiger partial charge >= 0.3 is 0 Å². The van der Waals surface area contributed by atoms with E-state index in [1.54, 1.807) is 12.1 Å². The molecule has 126 valence electrons. The molecule has 0 aliphatic rings. The molecule has 0 bridgehead atoms. The molecule has 0 unspecified atom stereocenters. The minimum absolute atomic E-state index is 0.241. The number of carbonyl (C=O) groups excluding carboxylic acids is 1. The number of nitrogens with one attached hydrogen (secondary N) is 2. The normalized spacial score (nSPS) is 10.3. The van der Waals surface area contributed by atoms with Crippen LogP contribution >= 0.6 is 0 Å². The molecule has 5 nitrogen and oxygen atoms in total. The average molecular weight is 336 g/mol. The van der Waals surface area contributed by atoms with Gasteiger partial charge in [-0.25, -0.2) is 14.4 Å². The van der Waals surface area contributed by atoms with Gasteiger partial charge in [-0.15, -0.1) is 0 Å². The van der Waals surface area contributed by atoms with Crippen molar-refractivity contribution in [3.05, 3.63) is 83.4 Å². The van der Waals surface area contributed by atoms with E-state index in [-0.39, 0.29) is 11.7 Å². The molecule has 0 aliphatic heterocycles. The number of halogens is 1. The summed E-state index contributed by atoms with van der Waals surface area (Å²) in [7, 11) is 0. The van der Waals surface area contributed by atoms with Crippen molar-refractivity contribution in [3.63, 3.8) is 0 Å². The van der Waals surface area contributed by atoms with Crippen LogP contribution < -0.4 is 10.6 Å². The molecule has 1 amide bonds. The van der Waals surface area contributed by atoms with E-state index in [0.717, 1.165) is 11.1 Å². The Bertz CT molecular complexity index is 863. The molecule has 1 aromatic heterocycles. The van der Waals surface area contributed by atoms with Crippen LogP contribution in [0.5, 0.6) is 0 Å². The lowest BCUT2D eigenvalue weighted by atomic mass is 10.1. The number of hydrogen-bond acceptors (Lipinski definition) is 4. The van der Waals surface area contributed by atoms with E-state index < -0.39 is 0 Å². The van der Waals surface area contributed by atoms with Crippen LogP contribution in [0.3, 0.4) is 0 Å². The molecule has 0 fully saturated rings. The Morgan fingerprint density at radius 1 is 1.08 bits per heavy atom. The van der Waals surface area contributed by atoms with E-state index >= 15 is 0 Å². The average Bonchev–Trinajstić information content (AvgIpc) is 2.62. The van der Waals surface area contributed by atoms with Crippen LogP contribution in [0.4, 0.5) is 16.0 Å². The topological polar surface area (TPSA) is 66.9 Å². The number of aromatic nitrogens is 2. The smallest absolute Gasteiger partial charge is 0.254 e. The first-order chi connectivity index (χ1) is 12.1. The zero-order chi connectivity index (χ0) is 17.6. The molecule has 0 radical (unpaired) electrons. The third-order valence-corrected chi connectivity index (χ3v) is 3.55. The van der Waals surface area contributed by atoms with Crippen LogP contribution in [-0.2, 0) is 6.54 Å². The quantitative estimate of drug-likeness (QED) is 0.747. The van der Waals surface area contributed by atoms with E-state index in [1.807, 2.05) is 31.2 Å². The van der Waals surface area contributed by atoms with E-state index in [4.69, 9.17) is 0 Å². The predicted molar refractivity (Wildman–Crippen MR) is 94.1 cm³/mol. The SMILES string of the molecule is Cc1cccc(CNC(=O)c2cnc(Nc3ccc(F)cc3)nc2)c1. The van der Waals surface area contributed by atoms with Crippen molar-refractivity contribution in [1.82, 2.24) is 15.3 Å². The Labute approximate surface area is 145 Å². The van der Waals surface area contributed by atoms with Crippen molar-refractivity contribution in [2.24, 2.45) is 0 Å². The van der Waals surface area contributed by atoms with Gasteiger partial charge in [0.25, 0.3) is 5.91 Å². The fourth-order valence-corrected chi connectivity index (χ4v) is 2.28. The molecule has 2 N–H and O–H groups in total. The molecule has 6 heteroatoms. The molecule has 0 saturated heterocycles. The summed E-state index contributed by atoms with van der Waals surface area (Å²) in [6.45, 7) is 2.45. The Kier molecular flexibility index (Phi) is 4.99. The summed E-state index contributed by atoms with van der Waals surface area (Å²) in [6.07, 6.45) is 2.90. The number of benzene rings is 2. The molecular formula is C19H17FN4O. The number of amides is 1. The van der Waals surface area contributed by atoms with Crippen molar-refractivity contribution in [2.45, 2.75) is 13.5 Å². The van der Waals surface area contributed by atoms with Crippen LogP contribution in [0, 0.1) is 12.7 Å². The highest BCUT2D eigenvalue weighted by molar-refractivity contribution is 5.93. The van der Waals surface area contributed by atoms with Crippen molar-refractivity contribution >= 4 is 17.5 Å². The number of nitrogens with zero attached hydrogens (tertiary/aromatic N) is 2. The van der Waals surface area contributed by atoms with Crippen LogP contribution in [0.1, 0.15) is 21.5 Å². The largest absolute Gasteiger partial charge is 0.348 e. The second-order valence-electron chi connectivity index (χ2n) is 5.60. The first-order valence-corrected chi connectivity index (χ1v) is 7.78. The van der Waals surface area contributed by atoms with Crippen LogP contribution in [-0.4, -0.2) is 15.9 Å². The Morgan fingerprint density at radius 3 is 2.48 bits per heavy atom. The van der Waals surface area contributed by atoms with Crippen LogP contribution in [0.25, 0.3) is 0 Å². The maximum atomic E-state index is 12.9. The molecular weight excluding hydrogens is 319 g/mol. The molecule has 2 aromatic carbocycles. The molecule has 0 saturated carbocycles. The minimum Gasteiger partial charge on any atom is -0.348 e. The monoisotopic (exact) mass is 336 g/mol. The lowest BCUT2D eigenvalue weighted by molar-refractivity contribution is 0.0950. The highest BCUT2D eigenvalue weighted by Gasteiger charge is 2.07. The third kappa shape index (κ3) is 4.60. The number of anilines is 2. The third-order valence-electron chi connectivity index (χ3n) is 3.55. The van der Waals surface area contributed by atoms with E-state index in [2.05, 4.69) is 20.6 Å². The molecule has 0 aliphatic carbocycles. The van der Waals surface area contributed by atoms with Gasteiger partial charge in [-0.3, -0.25) is 4.79 Å². The Hall–Kier alpha value is -3.28. The summed E-state index contributed by atoms with van der Waals surface area (Å²) in [5, 5.41) is 5.78.